The maximum absolute atomic E-state index is 12.1. The van der Waals surface area contributed by atoms with Gasteiger partial charge in [0.2, 0.25) is 5.91 Å². The SMILES string of the molecule is CCCn1cnnc1C(C)NC(=O)Cc1ccc(O)c(Cl)c1. The molecule has 1 heterocycles. The molecule has 118 valence electrons. The van der Waals surface area contributed by atoms with E-state index in [9.17, 15) is 9.90 Å². The van der Waals surface area contributed by atoms with Crippen molar-refractivity contribution in [3.63, 3.8) is 0 Å². The summed E-state index contributed by atoms with van der Waals surface area (Å²) in [5.74, 6) is 0.603. The fraction of sp³-hybridized carbons (Fsp3) is 0.400. The number of amides is 1. The number of phenolic OH excluding ortho intramolecular Hbond substituents is 1. The molecule has 0 saturated heterocycles. The van der Waals surface area contributed by atoms with Crippen LogP contribution in [0.2, 0.25) is 5.02 Å². The quantitative estimate of drug-likeness (QED) is 0.856. The fourth-order valence-corrected chi connectivity index (χ4v) is 2.42. The summed E-state index contributed by atoms with van der Waals surface area (Å²) in [6.45, 7) is 4.76. The number of nitrogens with zero attached hydrogens (tertiary/aromatic N) is 3. The van der Waals surface area contributed by atoms with Gasteiger partial charge in [0.15, 0.2) is 5.82 Å². The molecule has 1 aromatic carbocycles. The Labute approximate surface area is 134 Å². The molecule has 0 aliphatic heterocycles. The van der Waals surface area contributed by atoms with Crippen molar-refractivity contribution in [1.29, 1.82) is 0 Å². The van der Waals surface area contributed by atoms with Crippen molar-refractivity contribution in [2.75, 3.05) is 0 Å². The van der Waals surface area contributed by atoms with Gasteiger partial charge in [0.25, 0.3) is 0 Å². The summed E-state index contributed by atoms with van der Waals surface area (Å²) in [5, 5.41) is 20.5. The maximum Gasteiger partial charge on any atom is 0.224 e. The second-order valence-corrected chi connectivity index (χ2v) is 5.54. The van der Waals surface area contributed by atoms with Gasteiger partial charge in [-0.25, -0.2) is 0 Å². The van der Waals surface area contributed by atoms with Crippen molar-refractivity contribution in [2.45, 2.75) is 39.3 Å². The Morgan fingerprint density at radius 3 is 2.95 bits per heavy atom. The largest absolute Gasteiger partial charge is 0.506 e. The van der Waals surface area contributed by atoms with Gasteiger partial charge in [-0.05, 0) is 31.0 Å². The van der Waals surface area contributed by atoms with Gasteiger partial charge in [-0.3, -0.25) is 4.79 Å². The van der Waals surface area contributed by atoms with Crippen LogP contribution in [0.25, 0.3) is 0 Å². The van der Waals surface area contributed by atoms with Crippen LogP contribution in [0.1, 0.15) is 37.7 Å². The van der Waals surface area contributed by atoms with Crippen molar-refractivity contribution in [2.24, 2.45) is 0 Å². The first-order valence-electron chi connectivity index (χ1n) is 7.15. The van der Waals surface area contributed by atoms with Gasteiger partial charge in [-0.15, -0.1) is 10.2 Å². The lowest BCUT2D eigenvalue weighted by molar-refractivity contribution is -0.121. The minimum Gasteiger partial charge on any atom is -0.506 e. The van der Waals surface area contributed by atoms with Crippen LogP contribution in [-0.2, 0) is 17.8 Å². The van der Waals surface area contributed by atoms with Crippen LogP contribution < -0.4 is 5.32 Å². The van der Waals surface area contributed by atoms with Crippen molar-refractivity contribution in [3.8, 4) is 5.75 Å². The molecule has 2 aromatic rings. The van der Waals surface area contributed by atoms with Gasteiger partial charge >= 0.3 is 0 Å². The van der Waals surface area contributed by atoms with Crippen LogP contribution in [0, 0.1) is 0 Å². The highest BCUT2D eigenvalue weighted by Crippen LogP contribution is 2.23. The highest BCUT2D eigenvalue weighted by molar-refractivity contribution is 6.32. The van der Waals surface area contributed by atoms with E-state index < -0.39 is 0 Å². The first-order valence-corrected chi connectivity index (χ1v) is 7.53. The van der Waals surface area contributed by atoms with Crippen LogP contribution in [0.4, 0.5) is 0 Å². The number of hydrogen-bond acceptors (Lipinski definition) is 4. The highest BCUT2D eigenvalue weighted by atomic mass is 35.5. The molecule has 0 radical (unpaired) electrons. The first-order chi connectivity index (χ1) is 10.5. The van der Waals surface area contributed by atoms with Gasteiger partial charge in [-0.2, -0.15) is 0 Å². The Bertz CT molecular complexity index is 657. The summed E-state index contributed by atoms with van der Waals surface area (Å²) in [7, 11) is 0. The van der Waals surface area contributed by atoms with E-state index in [1.165, 1.54) is 6.07 Å². The number of carbonyl (C=O) groups is 1. The van der Waals surface area contributed by atoms with E-state index in [0.717, 1.165) is 24.4 Å². The van der Waals surface area contributed by atoms with E-state index in [4.69, 9.17) is 11.6 Å². The summed E-state index contributed by atoms with van der Waals surface area (Å²) < 4.78 is 1.93. The molecule has 2 N–H and O–H groups in total. The molecule has 22 heavy (non-hydrogen) atoms. The smallest absolute Gasteiger partial charge is 0.224 e. The maximum atomic E-state index is 12.1. The normalized spacial score (nSPS) is 12.1. The average Bonchev–Trinajstić information content (AvgIpc) is 2.91. The second-order valence-electron chi connectivity index (χ2n) is 5.13. The van der Waals surface area contributed by atoms with Crippen molar-refractivity contribution >= 4 is 17.5 Å². The first kappa shape index (κ1) is 16.3. The molecule has 0 saturated carbocycles. The number of hydrogen-bond donors (Lipinski definition) is 2. The van der Waals surface area contributed by atoms with Crippen molar-refractivity contribution in [3.05, 3.63) is 40.9 Å². The predicted molar refractivity (Wildman–Crippen MR) is 83.7 cm³/mol. The third-order valence-corrected chi connectivity index (χ3v) is 3.55. The third-order valence-electron chi connectivity index (χ3n) is 3.25. The zero-order chi connectivity index (χ0) is 16.1. The summed E-state index contributed by atoms with van der Waals surface area (Å²) in [5.41, 5.74) is 0.738. The van der Waals surface area contributed by atoms with Gasteiger partial charge in [0, 0.05) is 6.54 Å². The lowest BCUT2D eigenvalue weighted by Gasteiger charge is -2.14. The Kier molecular flexibility index (Phi) is 5.38. The molecule has 2 rings (SSSR count). The van der Waals surface area contributed by atoms with Gasteiger partial charge in [0.05, 0.1) is 17.5 Å². The standard InChI is InChI=1S/C15H19ClN4O2/c1-3-6-20-9-17-19-15(20)10(2)18-14(22)8-11-4-5-13(21)12(16)7-11/h4-5,7,9-10,21H,3,6,8H2,1-2H3,(H,18,22). The number of aromatic nitrogens is 3. The van der Waals surface area contributed by atoms with E-state index in [0.29, 0.717) is 0 Å². The summed E-state index contributed by atoms with van der Waals surface area (Å²) in [6.07, 6.45) is 2.82. The van der Waals surface area contributed by atoms with Crippen LogP contribution in [0.15, 0.2) is 24.5 Å². The highest BCUT2D eigenvalue weighted by Gasteiger charge is 2.16. The van der Waals surface area contributed by atoms with Crippen LogP contribution in [0.5, 0.6) is 5.75 Å². The van der Waals surface area contributed by atoms with E-state index >= 15 is 0 Å². The number of phenols is 1. The molecule has 0 spiro atoms. The molecule has 0 fully saturated rings. The summed E-state index contributed by atoms with van der Waals surface area (Å²) in [4.78, 5) is 12.1. The molecule has 1 amide bonds. The lowest BCUT2D eigenvalue weighted by atomic mass is 10.1. The molecule has 1 aromatic heterocycles. The number of benzene rings is 1. The molecule has 1 unspecified atom stereocenters. The molecule has 1 atom stereocenters. The Morgan fingerprint density at radius 1 is 1.50 bits per heavy atom. The van der Waals surface area contributed by atoms with Crippen molar-refractivity contribution in [1.82, 2.24) is 20.1 Å². The fourth-order valence-electron chi connectivity index (χ4n) is 2.22. The molecule has 6 nitrogen and oxygen atoms in total. The number of carbonyl (C=O) groups excluding carboxylic acids is 1. The molecule has 0 aliphatic carbocycles. The van der Waals surface area contributed by atoms with Crippen molar-refractivity contribution < 1.29 is 9.90 Å². The molecule has 7 heteroatoms. The Hall–Kier alpha value is -2.08. The molecule has 0 bridgehead atoms. The van der Waals surface area contributed by atoms with E-state index in [-0.39, 0.29) is 29.1 Å². The minimum atomic E-state index is -0.228. The zero-order valence-electron chi connectivity index (χ0n) is 12.6. The monoisotopic (exact) mass is 322 g/mol. The van der Waals surface area contributed by atoms with E-state index in [1.54, 1.807) is 18.5 Å². The Balaban J connectivity index is 1.98. The summed E-state index contributed by atoms with van der Waals surface area (Å²) in [6, 6.07) is 4.51. The number of aromatic hydroxyl groups is 1. The lowest BCUT2D eigenvalue weighted by Crippen LogP contribution is -2.30. The van der Waals surface area contributed by atoms with Gasteiger partial charge < -0.3 is 15.0 Å². The number of halogens is 1. The number of nitrogens with one attached hydrogen (secondary N) is 1. The topological polar surface area (TPSA) is 80.0 Å². The van der Waals surface area contributed by atoms with E-state index in [1.807, 2.05) is 11.5 Å². The van der Waals surface area contributed by atoms with Gasteiger partial charge in [0.1, 0.15) is 12.1 Å². The number of rotatable bonds is 6. The second kappa shape index (κ2) is 7.26. The molecular weight excluding hydrogens is 304 g/mol. The Morgan fingerprint density at radius 2 is 2.27 bits per heavy atom. The van der Waals surface area contributed by atoms with Crippen LogP contribution >= 0.6 is 11.6 Å². The number of aryl methyl sites for hydroxylation is 1. The van der Waals surface area contributed by atoms with Crippen LogP contribution in [0.3, 0.4) is 0 Å². The predicted octanol–water partition coefficient (Wildman–Crippen LogP) is 2.47. The molecular formula is C15H19ClN4O2. The third kappa shape index (κ3) is 3.98. The average molecular weight is 323 g/mol. The van der Waals surface area contributed by atoms with E-state index in [2.05, 4.69) is 22.4 Å². The summed E-state index contributed by atoms with van der Waals surface area (Å²) >= 11 is 5.84. The van der Waals surface area contributed by atoms with Crippen LogP contribution in [-0.4, -0.2) is 25.8 Å². The minimum absolute atomic E-state index is 0.00635. The molecule has 0 aliphatic rings. The van der Waals surface area contributed by atoms with Gasteiger partial charge in [-0.1, -0.05) is 24.6 Å². The zero-order valence-corrected chi connectivity index (χ0v) is 13.3.